The summed E-state index contributed by atoms with van der Waals surface area (Å²) >= 11 is 0. The van der Waals surface area contributed by atoms with E-state index in [0.29, 0.717) is 30.0 Å². The molecule has 1 aromatic carbocycles. The monoisotopic (exact) mass is 338 g/mol. The molecule has 4 heterocycles. The number of carbonyl (C=O) groups excluding carboxylic acids is 2. The first-order valence-electron chi connectivity index (χ1n) is 9.26. The third kappa shape index (κ3) is 2.41. The molecule has 4 fully saturated rings. The summed E-state index contributed by atoms with van der Waals surface area (Å²) in [4.78, 5) is 30.3. The van der Waals surface area contributed by atoms with E-state index < -0.39 is 0 Å². The lowest BCUT2D eigenvalue weighted by atomic mass is 9.84. The number of fused-ring (bicyclic) bond motifs is 5. The number of benzene rings is 1. The molecule has 1 aliphatic carbocycles. The predicted octanol–water partition coefficient (Wildman–Crippen LogP) is 2.91. The maximum Gasteiger partial charge on any atom is 0.340 e. The Kier molecular flexibility index (Phi) is 3.45. The first-order chi connectivity index (χ1) is 12.2. The zero-order valence-corrected chi connectivity index (χ0v) is 14.1. The van der Waals surface area contributed by atoms with Crippen molar-refractivity contribution in [1.82, 2.24) is 9.88 Å². The van der Waals surface area contributed by atoms with Crippen LogP contribution in [0.3, 0.4) is 0 Å². The number of para-hydroxylation sites is 1. The van der Waals surface area contributed by atoms with Gasteiger partial charge in [0.1, 0.15) is 6.10 Å². The van der Waals surface area contributed by atoms with Crippen molar-refractivity contribution >= 4 is 22.7 Å². The number of nitrogens with one attached hydrogen (secondary N) is 1. The van der Waals surface area contributed by atoms with Crippen LogP contribution in [-0.2, 0) is 9.53 Å². The molecule has 5 heteroatoms. The van der Waals surface area contributed by atoms with Gasteiger partial charge in [0, 0.05) is 41.5 Å². The lowest BCUT2D eigenvalue weighted by molar-refractivity contribution is -0.120. The van der Waals surface area contributed by atoms with E-state index in [-0.39, 0.29) is 18.0 Å². The third-order valence-electron chi connectivity index (χ3n) is 6.28. The Morgan fingerprint density at radius 1 is 1.20 bits per heavy atom. The fourth-order valence-corrected chi connectivity index (χ4v) is 4.97. The molecule has 1 saturated carbocycles. The lowest BCUT2D eigenvalue weighted by Crippen LogP contribution is -2.54. The summed E-state index contributed by atoms with van der Waals surface area (Å²) in [6.45, 7) is 0.600. The van der Waals surface area contributed by atoms with Crippen molar-refractivity contribution in [3.63, 3.8) is 0 Å². The highest BCUT2D eigenvalue weighted by Gasteiger charge is 2.52. The molecule has 4 bridgehead atoms. The zero-order chi connectivity index (χ0) is 17.0. The van der Waals surface area contributed by atoms with Crippen LogP contribution < -0.4 is 0 Å². The minimum atomic E-state index is -0.242. The number of esters is 1. The smallest absolute Gasteiger partial charge is 0.340 e. The largest absolute Gasteiger partial charge is 0.459 e. The summed E-state index contributed by atoms with van der Waals surface area (Å²) < 4.78 is 5.89. The van der Waals surface area contributed by atoms with Crippen molar-refractivity contribution in [2.75, 3.05) is 6.54 Å². The van der Waals surface area contributed by atoms with E-state index >= 15 is 0 Å². The van der Waals surface area contributed by atoms with Crippen molar-refractivity contribution in [3.8, 4) is 0 Å². The van der Waals surface area contributed by atoms with Crippen LogP contribution in [0, 0.1) is 5.92 Å². The number of hydrogen-bond donors (Lipinski definition) is 1. The Morgan fingerprint density at radius 2 is 2.08 bits per heavy atom. The van der Waals surface area contributed by atoms with Gasteiger partial charge in [-0.2, -0.15) is 0 Å². The van der Waals surface area contributed by atoms with Crippen molar-refractivity contribution in [2.24, 2.45) is 5.92 Å². The van der Waals surface area contributed by atoms with Gasteiger partial charge in [0.15, 0.2) is 5.78 Å². The summed E-state index contributed by atoms with van der Waals surface area (Å²) in [5.74, 6) is 0.398. The van der Waals surface area contributed by atoms with Gasteiger partial charge in [0.2, 0.25) is 0 Å². The average molecular weight is 338 g/mol. The second kappa shape index (κ2) is 5.70. The van der Waals surface area contributed by atoms with Crippen molar-refractivity contribution < 1.29 is 14.3 Å². The number of nitrogens with zero attached hydrogens (tertiary/aromatic N) is 1. The molecule has 0 spiro atoms. The van der Waals surface area contributed by atoms with Gasteiger partial charge in [0.25, 0.3) is 0 Å². The summed E-state index contributed by atoms with van der Waals surface area (Å²) in [5, 5.41) is 0.910. The van der Waals surface area contributed by atoms with Crippen LogP contribution in [0.5, 0.6) is 0 Å². The minimum Gasteiger partial charge on any atom is -0.459 e. The summed E-state index contributed by atoms with van der Waals surface area (Å²) in [5.41, 5.74) is 1.56. The number of ether oxygens (including phenoxy) is 1. The molecule has 3 saturated heterocycles. The van der Waals surface area contributed by atoms with Crippen LogP contribution in [0.25, 0.3) is 10.9 Å². The van der Waals surface area contributed by atoms with Gasteiger partial charge in [-0.3, -0.25) is 9.69 Å². The second-order valence-electron chi connectivity index (χ2n) is 7.64. The van der Waals surface area contributed by atoms with Crippen molar-refractivity contribution in [1.29, 1.82) is 0 Å². The predicted molar refractivity (Wildman–Crippen MR) is 93.4 cm³/mol. The summed E-state index contributed by atoms with van der Waals surface area (Å²) in [6.07, 6.45) is 6.37. The van der Waals surface area contributed by atoms with E-state index in [2.05, 4.69) is 9.88 Å². The SMILES string of the molecule is O=C(O[C@H]1CCCC2C(=O)CN3C2C[C@@H]3C1)c1c[nH]c2ccccc12. The molecule has 4 aliphatic rings. The van der Waals surface area contributed by atoms with Gasteiger partial charge in [0.05, 0.1) is 12.1 Å². The normalized spacial score (nSPS) is 34.1. The molecule has 5 atom stereocenters. The molecule has 6 rings (SSSR count). The van der Waals surface area contributed by atoms with Gasteiger partial charge < -0.3 is 9.72 Å². The van der Waals surface area contributed by atoms with E-state index in [0.717, 1.165) is 43.0 Å². The van der Waals surface area contributed by atoms with Gasteiger partial charge in [-0.05, 0) is 31.7 Å². The number of carbonyl (C=O) groups is 2. The molecular weight excluding hydrogens is 316 g/mol. The Balaban J connectivity index is 1.32. The van der Waals surface area contributed by atoms with Gasteiger partial charge in [-0.1, -0.05) is 18.2 Å². The first-order valence-corrected chi connectivity index (χ1v) is 9.26. The fraction of sp³-hybridized carbons (Fsp3) is 0.500. The number of ketones is 1. The Labute approximate surface area is 146 Å². The number of H-pyrrole nitrogens is 1. The first kappa shape index (κ1) is 15.1. The molecule has 0 radical (unpaired) electrons. The van der Waals surface area contributed by atoms with Crippen molar-refractivity contribution in [2.45, 2.75) is 50.3 Å². The maximum atomic E-state index is 12.7. The number of Topliss-reactive ketones (excluding diaryl/α,β-unsaturated/α-hetero) is 1. The van der Waals surface area contributed by atoms with E-state index in [1.807, 2.05) is 24.3 Å². The Morgan fingerprint density at radius 3 is 3.00 bits per heavy atom. The third-order valence-corrected chi connectivity index (χ3v) is 6.28. The van der Waals surface area contributed by atoms with Gasteiger partial charge in [-0.15, -0.1) is 0 Å². The average Bonchev–Trinajstić information content (AvgIpc) is 3.16. The molecule has 2 aromatic rings. The van der Waals surface area contributed by atoms with Crippen LogP contribution in [-0.4, -0.2) is 46.4 Å². The molecule has 1 aromatic heterocycles. The molecule has 0 amide bonds. The lowest BCUT2D eigenvalue weighted by Gasteiger charge is -2.45. The van der Waals surface area contributed by atoms with Gasteiger partial charge >= 0.3 is 5.97 Å². The topological polar surface area (TPSA) is 62.4 Å². The number of aromatic nitrogens is 1. The molecule has 25 heavy (non-hydrogen) atoms. The highest BCUT2D eigenvalue weighted by molar-refractivity contribution is 6.04. The summed E-state index contributed by atoms with van der Waals surface area (Å²) in [6, 6.07) is 8.64. The number of hydrogen-bond acceptors (Lipinski definition) is 4. The molecule has 3 unspecified atom stereocenters. The van der Waals surface area contributed by atoms with E-state index in [9.17, 15) is 9.59 Å². The minimum absolute atomic E-state index is 0.0541. The highest BCUT2D eigenvalue weighted by atomic mass is 16.5. The van der Waals surface area contributed by atoms with Crippen LogP contribution in [0.1, 0.15) is 42.5 Å². The summed E-state index contributed by atoms with van der Waals surface area (Å²) in [7, 11) is 0. The fourth-order valence-electron chi connectivity index (χ4n) is 4.97. The van der Waals surface area contributed by atoms with Crippen LogP contribution in [0.15, 0.2) is 30.5 Å². The van der Waals surface area contributed by atoms with E-state index in [1.165, 1.54) is 0 Å². The Bertz CT molecular complexity index is 842. The zero-order valence-electron chi connectivity index (χ0n) is 14.1. The standard InChI is InChI=1S/C20H22N2O3/c23-19-11-22-12-8-13(4-3-6-15(19)18(22)9-12)25-20(24)16-10-21-17-7-2-1-5-14(16)17/h1-2,5,7,10,12-13,15,18,21H,3-4,6,8-9,11H2/t12-,13-,15?,18?/m0/s1. The maximum absolute atomic E-state index is 12.7. The van der Waals surface area contributed by atoms with Crippen LogP contribution >= 0.6 is 0 Å². The molecular formula is C20H22N2O3. The van der Waals surface area contributed by atoms with E-state index in [1.54, 1.807) is 6.20 Å². The molecule has 3 aliphatic heterocycles. The molecule has 5 nitrogen and oxygen atoms in total. The Hall–Kier alpha value is -2.14. The van der Waals surface area contributed by atoms with Gasteiger partial charge in [-0.25, -0.2) is 4.79 Å². The molecule has 1 N–H and O–H groups in total. The van der Waals surface area contributed by atoms with Crippen LogP contribution in [0.2, 0.25) is 0 Å². The number of rotatable bonds is 2. The molecule has 130 valence electrons. The number of aromatic amines is 1. The van der Waals surface area contributed by atoms with E-state index in [4.69, 9.17) is 4.74 Å². The van der Waals surface area contributed by atoms with Crippen LogP contribution in [0.4, 0.5) is 0 Å². The second-order valence-corrected chi connectivity index (χ2v) is 7.64. The quantitative estimate of drug-likeness (QED) is 0.855. The van der Waals surface area contributed by atoms with Crippen molar-refractivity contribution in [3.05, 3.63) is 36.0 Å². The highest BCUT2D eigenvalue weighted by Crippen LogP contribution is 2.43.